The predicted molar refractivity (Wildman–Crippen MR) is 119 cm³/mol. The van der Waals surface area contributed by atoms with Crippen molar-refractivity contribution in [3.63, 3.8) is 0 Å². The van der Waals surface area contributed by atoms with Gasteiger partial charge >= 0.3 is 6.18 Å². The first-order valence-corrected chi connectivity index (χ1v) is 11.3. The van der Waals surface area contributed by atoms with Gasteiger partial charge in [0.1, 0.15) is 0 Å². The highest BCUT2D eigenvalue weighted by Gasteiger charge is 2.64. The molecule has 2 aromatic rings. The van der Waals surface area contributed by atoms with E-state index in [4.69, 9.17) is 4.74 Å². The molecule has 9 heteroatoms. The molecule has 0 unspecified atom stereocenters. The first-order valence-electron chi connectivity index (χ1n) is 11.3. The van der Waals surface area contributed by atoms with Crippen LogP contribution in [0.25, 0.3) is 0 Å². The van der Waals surface area contributed by atoms with Gasteiger partial charge in [0.2, 0.25) is 5.91 Å². The van der Waals surface area contributed by atoms with E-state index in [1.54, 1.807) is 12.3 Å². The van der Waals surface area contributed by atoms with E-state index in [1.807, 2.05) is 19.1 Å². The third kappa shape index (κ3) is 3.96. The smallest absolute Gasteiger partial charge is 0.356 e. The minimum absolute atomic E-state index is 0.0277. The Kier molecular flexibility index (Phi) is 6.42. The maximum atomic E-state index is 14.4. The molecule has 6 nitrogen and oxygen atoms in total. The molecule has 0 bridgehead atoms. The molecule has 3 heterocycles. The van der Waals surface area contributed by atoms with Crippen LogP contribution in [0.3, 0.4) is 0 Å². The van der Waals surface area contributed by atoms with E-state index in [2.05, 4.69) is 10.3 Å². The van der Waals surface area contributed by atoms with Crippen molar-refractivity contribution >= 4 is 11.8 Å². The quantitative estimate of drug-likeness (QED) is 0.732. The molecule has 34 heavy (non-hydrogen) atoms. The topological polar surface area (TPSA) is 71.5 Å². The van der Waals surface area contributed by atoms with Crippen molar-refractivity contribution in [2.75, 3.05) is 26.7 Å². The summed E-state index contributed by atoms with van der Waals surface area (Å²) in [6, 6.07) is 10.8. The Morgan fingerprint density at radius 2 is 1.82 bits per heavy atom. The third-order valence-electron chi connectivity index (χ3n) is 7.41. The Bertz CT molecular complexity index is 1050. The zero-order chi connectivity index (χ0) is 24.6. The lowest BCUT2D eigenvalue weighted by atomic mass is 9.62. The fourth-order valence-electron chi connectivity index (χ4n) is 5.55. The number of rotatable bonds is 4. The van der Waals surface area contributed by atoms with Gasteiger partial charge in [-0.25, -0.2) is 0 Å². The van der Waals surface area contributed by atoms with E-state index in [0.29, 0.717) is 19.4 Å². The lowest BCUT2D eigenvalue weighted by molar-refractivity contribution is -0.271. The van der Waals surface area contributed by atoms with E-state index in [0.717, 1.165) is 18.4 Å². The van der Waals surface area contributed by atoms with Crippen LogP contribution in [0.1, 0.15) is 42.0 Å². The molecular formula is C25H28F3N3O3. The van der Waals surface area contributed by atoms with Gasteiger partial charge in [0.15, 0.2) is 0 Å². The molecule has 2 saturated heterocycles. The minimum Gasteiger partial charge on any atom is -0.356 e. The van der Waals surface area contributed by atoms with Crippen molar-refractivity contribution in [2.45, 2.75) is 43.9 Å². The van der Waals surface area contributed by atoms with Gasteiger partial charge in [-0.1, -0.05) is 36.4 Å². The lowest BCUT2D eigenvalue weighted by Crippen LogP contribution is -2.60. The average Bonchev–Trinajstić information content (AvgIpc) is 2.81. The number of hydrogen-bond donors (Lipinski definition) is 1. The monoisotopic (exact) mass is 475 g/mol. The van der Waals surface area contributed by atoms with Crippen LogP contribution in [0, 0.1) is 12.3 Å². The molecule has 0 saturated carbocycles. The number of amides is 2. The maximum absolute atomic E-state index is 14.4. The molecule has 2 amide bonds. The van der Waals surface area contributed by atoms with Crippen molar-refractivity contribution in [3.8, 4) is 0 Å². The summed E-state index contributed by atoms with van der Waals surface area (Å²) in [5.74, 6) is -1.23. The molecular weight excluding hydrogens is 447 g/mol. The molecule has 2 aliphatic rings. The highest BCUT2D eigenvalue weighted by atomic mass is 19.4. The first kappa shape index (κ1) is 24.2. The van der Waals surface area contributed by atoms with E-state index in [1.165, 1.54) is 29.2 Å². The summed E-state index contributed by atoms with van der Waals surface area (Å²) in [6.45, 7) is 2.56. The fraction of sp³-hybridized carbons (Fsp3) is 0.480. The third-order valence-corrected chi connectivity index (χ3v) is 7.41. The highest BCUT2D eigenvalue weighted by Crippen LogP contribution is 2.50. The molecule has 1 spiro atoms. The van der Waals surface area contributed by atoms with Crippen LogP contribution in [-0.2, 0) is 19.9 Å². The molecule has 1 N–H and O–H groups in total. The van der Waals surface area contributed by atoms with Gasteiger partial charge in [0, 0.05) is 56.5 Å². The fourth-order valence-corrected chi connectivity index (χ4v) is 5.55. The Hall–Kier alpha value is -2.94. The lowest BCUT2D eigenvalue weighted by Gasteiger charge is -2.50. The zero-order valence-corrected chi connectivity index (χ0v) is 19.2. The van der Waals surface area contributed by atoms with Crippen LogP contribution in [-0.4, -0.2) is 54.6 Å². The summed E-state index contributed by atoms with van der Waals surface area (Å²) >= 11 is 0. The van der Waals surface area contributed by atoms with Crippen LogP contribution in [0.5, 0.6) is 0 Å². The van der Waals surface area contributed by atoms with Gasteiger partial charge in [-0.05, 0) is 36.8 Å². The molecule has 2 aliphatic heterocycles. The second-order valence-corrected chi connectivity index (χ2v) is 9.12. The number of nitrogens with one attached hydrogen (secondary N) is 1. The van der Waals surface area contributed by atoms with Gasteiger partial charge in [-0.15, -0.1) is 0 Å². The number of carbonyl (C=O) groups excluding carboxylic acids is 2. The predicted octanol–water partition coefficient (Wildman–Crippen LogP) is 3.71. The second-order valence-electron chi connectivity index (χ2n) is 9.12. The normalized spacial score (nSPS) is 22.2. The van der Waals surface area contributed by atoms with E-state index < -0.39 is 23.1 Å². The molecule has 4 rings (SSSR count). The average molecular weight is 476 g/mol. The number of pyridine rings is 1. The summed E-state index contributed by atoms with van der Waals surface area (Å²) in [5.41, 5.74) is -1.90. The number of piperidine rings is 2. The number of aromatic nitrogens is 1. The standard InChI is InChI=1S/C25H28F3N3O3/c1-17-19(9-6-12-29-17)20-16-30-21(32)15-23(20)10-13-31(14-11-23)22(33)24(34-2,25(26,27)28)18-7-4-3-5-8-18/h3-9,12,20H,10-11,13-16H2,1-2H3,(H,30,32)/t20-,24+/m0/s1. The van der Waals surface area contributed by atoms with E-state index in [9.17, 15) is 22.8 Å². The number of alkyl halides is 3. The Morgan fingerprint density at radius 3 is 2.41 bits per heavy atom. The van der Waals surface area contributed by atoms with Crippen LogP contribution >= 0.6 is 0 Å². The number of nitrogens with zero attached hydrogens (tertiary/aromatic N) is 2. The van der Waals surface area contributed by atoms with Gasteiger partial charge in [0.05, 0.1) is 0 Å². The number of methoxy groups -OCH3 is 1. The van der Waals surface area contributed by atoms with Crippen molar-refractivity contribution in [2.24, 2.45) is 5.41 Å². The van der Waals surface area contributed by atoms with Crippen molar-refractivity contribution in [1.29, 1.82) is 0 Å². The number of likely N-dealkylation sites (tertiary alicyclic amines) is 1. The zero-order valence-electron chi connectivity index (χ0n) is 19.2. The molecule has 2 atom stereocenters. The number of ether oxygens (including phenoxy) is 1. The SMILES string of the molecule is CO[C@@](C(=O)N1CCC2(CC1)CC(=O)NC[C@H]2c1cccnc1C)(c1ccccc1)C(F)(F)F. The van der Waals surface area contributed by atoms with Crippen LogP contribution in [0.4, 0.5) is 13.2 Å². The number of carbonyl (C=O) groups is 2. The maximum Gasteiger partial charge on any atom is 0.430 e. The Morgan fingerprint density at radius 1 is 1.15 bits per heavy atom. The first-order chi connectivity index (χ1) is 16.1. The molecule has 0 aliphatic carbocycles. The van der Waals surface area contributed by atoms with Crippen molar-refractivity contribution in [3.05, 3.63) is 65.5 Å². The van der Waals surface area contributed by atoms with Gasteiger partial charge in [-0.2, -0.15) is 13.2 Å². The minimum atomic E-state index is -4.95. The molecule has 1 aromatic carbocycles. The summed E-state index contributed by atoms with van der Waals surface area (Å²) in [7, 11) is 0.913. The Balaban J connectivity index is 1.63. The molecule has 182 valence electrons. The van der Waals surface area contributed by atoms with E-state index >= 15 is 0 Å². The summed E-state index contributed by atoms with van der Waals surface area (Å²) < 4.78 is 48.1. The number of halogens is 3. The summed E-state index contributed by atoms with van der Waals surface area (Å²) in [6.07, 6.45) is -2.15. The highest BCUT2D eigenvalue weighted by molar-refractivity contribution is 5.88. The van der Waals surface area contributed by atoms with Crippen molar-refractivity contribution < 1.29 is 27.5 Å². The van der Waals surface area contributed by atoms with Gasteiger partial charge in [-0.3, -0.25) is 14.6 Å². The van der Waals surface area contributed by atoms with Gasteiger partial charge in [0.25, 0.3) is 11.5 Å². The number of aryl methyl sites for hydroxylation is 1. The summed E-state index contributed by atoms with van der Waals surface area (Å²) in [5, 5.41) is 2.92. The largest absolute Gasteiger partial charge is 0.430 e. The summed E-state index contributed by atoms with van der Waals surface area (Å²) in [4.78, 5) is 31.4. The Labute approximate surface area is 196 Å². The molecule has 1 aromatic heterocycles. The number of benzene rings is 1. The second kappa shape index (κ2) is 9.02. The van der Waals surface area contributed by atoms with E-state index in [-0.39, 0.29) is 36.9 Å². The molecule has 0 radical (unpaired) electrons. The van der Waals surface area contributed by atoms with Gasteiger partial charge < -0.3 is 15.0 Å². The number of hydrogen-bond acceptors (Lipinski definition) is 4. The van der Waals surface area contributed by atoms with Crippen LogP contribution in [0.2, 0.25) is 0 Å². The van der Waals surface area contributed by atoms with Crippen LogP contribution < -0.4 is 5.32 Å². The van der Waals surface area contributed by atoms with Crippen molar-refractivity contribution in [1.82, 2.24) is 15.2 Å². The molecule has 2 fully saturated rings. The van der Waals surface area contributed by atoms with Crippen LogP contribution in [0.15, 0.2) is 48.7 Å².